The van der Waals surface area contributed by atoms with Crippen LogP contribution in [0.25, 0.3) is 0 Å². The second-order valence-corrected chi connectivity index (χ2v) is 7.74. The first-order valence-electron chi connectivity index (χ1n) is 9.28. The second-order valence-electron chi connectivity index (χ2n) is 6.89. The molecule has 4 rings (SSSR count). The van der Waals surface area contributed by atoms with Gasteiger partial charge in [0.15, 0.2) is 0 Å². The van der Waals surface area contributed by atoms with Gasteiger partial charge in [0.2, 0.25) is 0 Å². The fraction of sp³-hybridized carbons (Fsp3) is 0.556. The summed E-state index contributed by atoms with van der Waals surface area (Å²) >= 11 is 1.38. The first kappa shape index (κ1) is 18.1. The monoisotopic (exact) mass is 389 g/mol. The number of rotatable bonds is 3. The Kier molecular flexibility index (Phi) is 5.22. The van der Waals surface area contributed by atoms with E-state index in [1.54, 1.807) is 16.5 Å². The Hall–Kier alpha value is -2.26. The standard InChI is InChI=1S/C18H23N5O3S/c1-12-16(27-11-19-12)18(25)23-5-3-2-4-15(23)13-10-14(21-20-13)17(24)22-6-8-26-9-7-22/h10-11,15H,2-9H2,1H3,(H,20,21)/t15-/m1/s1. The molecule has 9 heteroatoms. The van der Waals surface area contributed by atoms with Gasteiger partial charge >= 0.3 is 0 Å². The molecule has 0 spiro atoms. The summed E-state index contributed by atoms with van der Waals surface area (Å²) in [4.78, 5) is 34.2. The minimum atomic E-state index is -0.0912. The van der Waals surface area contributed by atoms with Crippen LogP contribution in [0.2, 0.25) is 0 Å². The lowest BCUT2D eigenvalue weighted by Crippen LogP contribution is -2.40. The van der Waals surface area contributed by atoms with Gasteiger partial charge in [-0.05, 0) is 32.3 Å². The van der Waals surface area contributed by atoms with E-state index in [0.29, 0.717) is 43.4 Å². The first-order chi connectivity index (χ1) is 13.1. The van der Waals surface area contributed by atoms with Crippen LogP contribution < -0.4 is 0 Å². The number of carbonyl (C=O) groups is 2. The largest absolute Gasteiger partial charge is 0.378 e. The van der Waals surface area contributed by atoms with E-state index in [9.17, 15) is 9.59 Å². The summed E-state index contributed by atoms with van der Waals surface area (Å²) in [5.74, 6) is -0.0804. The quantitative estimate of drug-likeness (QED) is 0.867. The summed E-state index contributed by atoms with van der Waals surface area (Å²) < 4.78 is 5.30. The van der Waals surface area contributed by atoms with Gasteiger partial charge in [0.25, 0.3) is 11.8 Å². The Morgan fingerprint density at radius 3 is 2.78 bits per heavy atom. The molecule has 0 unspecified atom stereocenters. The third-order valence-electron chi connectivity index (χ3n) is 5.18. The molecule has 1 N–H and O–H groups in total. The average Bonchev–Trinajstić information content (AvgIpc) is 3.37. The maximum Gasteiger partial charge on any atom is 0.274 e. The predicted octanol–water partition coefficient (Wildman–Crippen LogP) is 2.01. The fourth-order valence-corrected chi connectivity index (χ4v) is 4.44. The zero-order valence-corrected chi connectivity index (χ0v) is 16.1. The molecule has 2 fully saturated rings. The summed E-state index contributed by atoms with van der Waals surface area (Å²) in [5.41, 5.74) is 3.69. The van der Waals surface area contributed by atoms with Crippen molar-refractivity contribution in [1.82, 2.24) is 25.0 Å². The molecular formula is C18H23N5O3S. The number of aromatic nitrogens is 3. The number of piperidine rings is 1. The van der Waals surface area contributed by atoms with Crippen LogP contribution in [-0.2, 0) is 4.74 Å². The van der Waals surface area contributed by atoms with Gasteiger partial charge in [-0.3, -0.25) is 14.7 Å². The van der Waals surface area contributed by atoms with Gasteiger partial charge in [-0.25, -0.2) is 4.98 Å². The van der Waals surface area contributed by atoms with Gasteiger partial charge in [0.1, 0.15) is 10.6 Å². The van der Waals surface area contributed by atoms with E-state index >= 15 is 0 Å². The highest BCUT2D eigenvalue weighted by Gasteiger charge is 2.32. The van der Waals surface area contributed by atoms with Crippen LogP contribution in [0.4, 0.5) is 0 Å². The SMILES string of the molecule is Cc1ncsc1C(=O)N1CCCC[C@@H]1c1cc(C(=O)N2CCOCC2)n[nH]1. The number of aromatic amines is 1. The number of morpholine rings is 1. The van der Waals surface area contributed by atoms with E-state index < -0.39 is 0 Å². The number of hydrogen-bond donors (Lipinski definition) is 1. The van der Waals surface area contributed by atoms with Gasteiger partial charge in [-0.15, -0.1) is 11.3 Å². The number of hydrogen-bond acceptors (Lipinski definition) is 6. The summed E-state index contributed by atoms with van der Waals surface area (Å²) in [7, 11) is 0. The maximum atomic E-state index is 13.0. The molecule has 2 aromatic rings. The number of H-pyrrole nitrogens is 1. The molecule has 0 saturated carbocycles. The van der Waals surface area contributed by atoms with Crippen molar-refractivity contribution >= 4 is 23.2 Å². The van der Waals surface area contributed by atoms with E-state index in [4.69, 9.17) is 4.74 Å². The number of amides is 2. The van der Waals surface area contributed by atoms with Crippen molar-refractivity contribution in [2.24, 2.45) is 0 Å². The van der Waals surface area contributed by atoms with E-state index in [1.165, 1.54) is 11.3 Å². The molecule has 2 aromatic heterocycles. The second kappa shape index (κ2) is 7.77. The minimum Gasteiger partial charge on any atom is -0.378 e. The van der Waals surface area contributed by atoms with Crippen LogP contribution in [0.1, 0.15) is 56.9 Å². The normalized spacial score (nSPS) is 20.7. The summed E-state index contributed by atoms with van der Waals surface area (Å²) in [6, 6.07) is 1.71. The highest BCUT2D eigenvalue weighted by molar-refractivity contribution is 7.11. The number of nitrogens with one attached hydrogen (secondary N) is 1. The van der Waals surface area contributed by atoms with E-state index in [1.807, 2.05) is 11.8 Å². The third kappa shape index (κ3) is 3.61. The third-order valence-corrected chi connectivity index (χ3v) is 6.09. The lowest BCUT2D eigenvalue weighted by Gasteiger charge is -2.34. The van der Waals surface area contributed by atoms with E-state index in [0.717, 1.165) is 30.7 Å². The first-order valence-corrected chi connectivity index (χ1v) is 10.2. The van der Waals surface area contributed by atoms with Gasteiger partial charge < -0.3 is 14.5 Å². The molecule has 2 saturated heterocycles. The molecule has 0 bridgehead atoms. The van der Waals surface area contributed by atoms with Crippen LogP contribution in [0.3, 0.4) is 0 Å². The van der Waals surface area contributed by atoms with Crippen LogP contribution in [0, 0.1) is 6.92 Å². The molecule has 0 radical (unpaired) electrons. The summed E-state index contributed by atoms with van der Waals surface area (Å²) in [5, 5.41) is 7.24. The van der Waals surface area contributed by atoms with Gasteiger partial charge in [-0.1, -0.05) is 0 Å². The summed E-state index contributed by atoms with van der Waals surface area (Å²) in [6.45, 7) is 4.84. The van der Waals surface area contributed by atoms with E-state index in [2.05, 4.69) is 15.2 Å². The number of likely N-dealkylation sites (tertiary alicyclic amines) is 1. The van der Waals surface area contributed by atoms with Crippen molar-refractivity contribution in [1.29, 1.82) is 0 Å². The number of aryl methyl sites for hydroxylation is 1. The molecule has 27 heavy (non-hydrogen) atoms. The number of nitrogens with zero attached hydrogens (tertiary/aromatic N) is 4. The van der Waals surface area contributed by atoms with Crippen LogP contribution >= 0.6 is 11.3 Å². The van der Waals surface area contributed by atoms with Gasteiger partial charge in [-0.2, -0.15) is 5.10 Å². The lowest BCUT2D eigenvalue weighted by atomic mass is 9.98. The van der Waals surface area contributed by atoms with Crippen molar-refractivity contribution in [2.75, 3.05) is 32.8 Å². The van der Waals surface area contributed by atoms with Crippen molar-refractivity contribution in [3.05, 3.63) is 33.5 Å². The minimum absolute atomic E-state index is 0.00959. The Morgan fingerprint density at radius 1 is 1.22 bits per heavy atom. The average molecular weight is 389 g/mol. The molecular weight excluding hydrogens is 366 g/mol. The van der Waals surface area contributed by atoms with E-state index in [-0.39, 0.29) is 17.9 Å². The number of carbonyl (C=O) groups excluding carboxylic acids is 2. The molecule has 1 atom stereocenters. The van der Waals surface area contributed by atoms with Crippen molar-refractivity contribution < 1.29 is 14.3 Å². The molecule has 2 aliphatic heterocycles. The lowest BCUT2D eigenvalue weighted by molar-refractivity contribution is 0.0299. The molecule has 2 amide bonds. The molecule has 0 aliphatic carbocycles. The van der Waals surface area contributed by atoms with Gasteiger partial charge in [0.05, 0.1) is 36.2 Å². The highest BCUT2D eigenvalue weighted by atomic mass is 32.1. The molecule has 0 aromatic carbocycles. The number of ether oxygens (including phenoxy) is 1. The summed E-state index contributed by atoms with van der Waals surface area (Å²) in [6.07, 6.45) is 2.88. The molecule has 8 nitrogen and oxygen atoms in total. The van der Waals surface area contributed by atoms with Crippen LogP contribution in [0.15, 0.2) is 11.6 Å². The van der Waals surface area contributed by atoms with Crippen molar-refractivity contribution in [3.63, 3.8) is 0 Å². The highest BCUT2D eigenvalue weighted by Crippen LogP contribution is 2.32. The fourth-order valence-electron chi connectivity index (χ4n) is 3.68. The zero-order chi connectivity index (χ0) is 18.8. The molecule has 2 aliphatic rings. The maximum absolute atomic E-state index is 13.0. The predicted molar refractivity (Wildman–Crippen MR) is 99.8 cm³/mol. The Bertz CT molecular complexity index is 827. The van der Waals surface area contributed by atoms with Crippen molar-refractivity contribution in [3.8, 4) is 0 Å². The molecule has 144 valence electrons. The van der Waals surface area contributed by atoms with Crippen LogP contribution in [-0.4, -0.2) is 69.6 Å². The smallest absolute Gasteiger partial charge is 0.274 e. The number of thiazole rings is 1. The zero-order valence-electron chi connectivity index (χ0n) is 15.3. The van der Waals surface area contributed by atoms with Crippen molar-refractivity contribution in [2.45, 2.75) is 32.2 Å². The topological polar surface area (TPSA) is 91.4 Å². The molecule has 4 heterocycles. The van der Waals surface area contributed by atoms with Crippen LogP contribution in [0.5, 0.6) is 0 Å². The Morgan fingerprint density at radius 2 is 2.04 bits per heavy atom. The van der Waals surface area contributed by atoms with Gasteiger partial charge in [0, 0.05) is 19.6 Å². The Balaban J connectivity index is 1.54. The Labute approximate surface area is 161 Å².